The monoisotopic (exact) mass is 495 g/mol. The highest BCUT2D eigenvalue weighted by Gasteiger charge is 2.10. The molecule has 0 heterocycles. The van der Waals surface area contributed by atoms with Gasteiger partial charge in [-0.05, 0) is 58.7 Å². The van der Waals surface area contributed by atoms with Crippen LogP contribution in [0.15, 0.2) is 52.0 Å². The van der Waals surface area contributed by atoms with Gasteiger partial charge in [0, 0.05) is 0 Å². The van der Waals surface area contributed by atoms with Crippen molar-refractivity contribution in [3.05, 3.63) is 57.5 Å². The molecule has 0 saturated heterocycles. The molecule has 0 bridgehead atoms. The molecule has 8 nitrogen and oxygen atoms in total. The molecule has 30 heavy (non-hydrogen) atoms. The zero-order valence-electron chi connectivity index (χ0n) is 16.0. The summed E-state index contributed by atoms with van der Waals surface area (Å²) in [6.07, 6.45) is 0.997. The fourth-order valence-electron chi connectivity index (χ4n) is 2.17. The van der Waals surface area contributed by atoms with Gasteiger partial charge in [0.25, 0.3) is 0 Å². The Morgan fingerprint density at radius 3 is 2.63 bits per heavy atom. The number of esters is 1. The summed E-state index contributed by atoms with van der Waals surface area (Å²) in [5, 5.41) is 6.76. The first-order valence-corrected chi connectivity index (χ1v) is 10.0. The third-order valence-electron chi connectivity index (χ3n) is 3.48. The van der Waals surface area contributed by atoms with Crippen LogP contribution in [0.2, 0.25) is 5.02 Å². The summed E-state index contributed by atoms with van der Waals surface area (Å²) < 4.78 is 10.8. The molecule has 0 saturated carbocycles. The van der Waals surface area contributed by atoms with Crippen LogP contribution in [0.25, 0.3) is 0 Å². The Balaban J connectivity index is 1.82. The van der Waals surface area contributed by atoms with Gasteiger partial charge in [0.05, 0.1) is 28.0 Å². The van der Waals surface area contributed by atoms with E-state index < -0.39 is 24.2 Å². The van der Waals surface area contributed by atoms with Crippen LogP contribution in [0, 0.1) is 0 Å². The molecule has 0 radical (unpaired) electrons. The molecule has 10 heteroatoms. The number of halogens is 2. The number of ether oxygens (including phenoxy) is 2. The quantitative estimate of drug-likeness (QED) is 0.239. The number of amides is 2. The topological polar surface area (TPSA) is 106 Å². The number of benzene rings is 2. The van der Waals surface area contributed by atoms with Crippen molar-refractivity contribution in [3.8, 4) is 5.75 Å². The summed E-state index contributed by atoms with van der Waals surface area (Å²) in [6, 6.07) is 11.7. The van der Waals surface area contributed by atoms with Gasteiger partial charge in [-0.15, -0.1) is 0 Å². The van der Waals surface area contributed by atoms with Crippen LogP contribution in [0.4, 0.5) is 5.69 Å². The van der Waals surface area contributed by atoms with Gasteiger partial charge in [0.1, 0.15) is 12.2 Å². The molecule has 0 atom stereocenters. The lowest BCUT2D eigenvalue weighted by atomic mass is 10.2. The van der Waals surface area contributed by atoms with Crippen LogP contribution in [0.5, 0.6) is 5.75 Å². The maximum atomic E-state index is 11.9. The van der Waals surface area contributed by atoms with Crippen molar-refractivity contribution in [2.45, 2.75) is 13.3 Å². The minimum Gasteiger partial charge on any atom is -0.481 e. The van der Waals surface area contributed by atoms with E-state index in [4.69, 9.17) is 21.1 Å². The van der Waals surface area contributed by atoms with Crippen molar-refractivity contribution in [1.29, 1.82) is 0 Å². The van der Waals surface area contributed by atoms with Crippen molar-refractivity contribution in [2.75, 3.05) is 18.5 Å². The molecule has 158 valence electrons. The fourth-order valence-corrected chi connectivity index (χ4v) is 2.87. The van der Waals surface area contributed by atoms with Crippen molar-refractivity contribution < 1.29 is 23.9 Å². The summed E-state index contributed by atoms with van der Waals surface area (Å²) in [6.45, 7) is 1.80. The summed E-state index contributed by atoms with van der Waals surface area (Å²) in [7, 11) is 0. The zero-order valence-corrected chi connectivity index (χ0v) is 18.3. The molecular weight excluding hydrogens is 478 g/mol. The highest BCUT2D eigenvalue weighted by atomic mass is 79.9. The number of carbonyl (C=O) groups excluding carboxylic acids is 3. The standard InChI is InChI=1S/C20H19BrClN3O5/c1-2-29-20(28)12-30-17-8-7-13(9-14(17)21)11-23-25-19(27)10-18(26)24-16-6-4-3-5-15(16)22/h3-9,11H,2,10,12H2,1H3,(H,24,26)(H,25,27). The minimum atomic E-state index is -0.579. The molecule has 0 fully saturated rings. The van der Waals surface area contributed by atoms with E-state index in [0.29, 0.717) is 26.5 Å². The van der Waals surface area contributed by atoms with E-state index in [1.807, 2.05) is 0 Å². The lowest BCUT2D eigenvalue weighted by Crippen LogP contribution is -2.24. The minimum absolute atomic E-state index is 0.202. The molecule has 2 aromatic rings. The van der Waals surface area contributed by atoms with Crippen LogP contribution in [0.3, 0.4) is 0 Å². The smallest absolute Gasteiger partial charge is 0.344 e. The molecular formula is C20H19BrClN3O5. The van der Waals surface area contributed by atoms with Crippen molar-refractivity contribution >= 4 is 57.2 Å². The summed E-state index contributed by atoms with van der Waals surface area (Å²) in [5.74, 6) is -1.09. The highest BCUT2D eigenvalue weighted by molar-refractivity contribution is 9.10. The second-order valence-corrected chi connectivity index (χ2v) is 7.04. The van der Waals surface area contributed by atoms with E-state index in [2.05, 4.69) is 31.8 Å². The first kappa shape index (κ1) is 23.4. The predicted molar refractivity (Wildman–Crippen MR) is 117 cm³/mol. The van der Waals surface area contributed by atoms with Crippen molar-refractivity contribution in [3.63, 3.8) is 0 Å². The number of carbonyl (C=O) groups is 3. The summed E-state index contributed by atoms with van der Waals surface area (Å²) in [4.78, 5) is 35.1. The first-order valence-electron chi connectivity index (χ1n) is 8.83. The first-order chi connectivity index (χ1) is 14.4. The average Bonchev–Trinajstić information content (AvgIpc) is 2.69. The summed E-state index contributed by atoms with van der Waals surface area (Å²) in [5.41, 5.74) is 3.36. The van der Waals surface area contributed by atoms with Crippen molar-refractivity contribution in [2.24, 2.45) is 5.10 Å². The van der Waals surface area contributed by atoms with Gasteiger partial charge in [0.15, 0.2) is 6.61 Å². The largest absolute Gasteiger partial charge is 0.481 e. The number of nitrogens with one attached hydrogen (secondary N) is 2. The predicted octanol–water partition coefficient (Wildman–Crippen LogP) is 3.52. The molecule has 0 unspecified atom stereocenters. The van der Waals surface area contributed by atoms with Crippen LogP contribution in [0.1, 0.15) is 18.9 Å². The SMILES string of the molecule is CCOC(=O)COc1ccc(C=NNC(=O)CC(=O)Nc2ccccc2Cl)cc1Br. The van der Waals surface area contributed by atoms with E-state index in [0.717, 1.165) is 0 Å². The van der Waals surface area contributed by atoms with E-state index in [1.165, 1.54) is 6.21 Å². The van der Waals surface area contributed by atoms with Crippen LogP contribution in [-0.4, -0.2) is 37.2 Å². The third kappa shape index (κ3) is 7.84. The van der Waals surface area contributed by atoms with Gasteiger partial charge in [-0.1, -0.05) is 23.7 Å². The number of hydrogen-bond acceptors (Lipinski definition) is 6. The molecule has 0 aliphatic carbocycles. The van der Waals surface area contributed by atoms with Crippen molar-refractivity contribution in [1.82, 2.24) is 5.43 Å². The Morgan fingerprint density at radius 1 is 1.17 bits per heavy atom. The van der Waals surface area contributed by atoms with E-state index >= 15 is 0 Å². The normalized spacial score (nSPS) is 10.5. The van der Waals surface area contributed by atoms with Crippen LogP contribution in [-0.2, 0) is 19.1 Å². The van der Waals surface area contributed by atoms with Gasteiger partial charge >= 0.3 is 5.97 Å². The van der Waals surface area contributed by atoms with Gasteiger partial charge in [-0.25, -0.2) is 10.2 Å². The maximum Gasteiger partial charge on any atom is 0.344 e. The number of nitrogens with zero attached hydrogens (tertiary/aromatic N) is 1. The van der Waals surface area contributed by atoms with Gasteiger partial charge in [0.2, 0.25) is 11.8 Å². The molecule has 2 rings (SSSR count). The molecule has 2 N–H and O–H groups in total. The number of anilines is 1. The molecule has 2 amide bonds. The lowest BCUT2D eigenvalue weighted by Gasteiger charge is -2.08. The third-order valence-corrected chi connectivity index (χ3v) is 4.43. The fraction of sp³-hybridized carbons (Fsp3) is 0.200. The van der Waals surface area contributed by atoms with Crippen LogP contribution < -0.4 is 15.5 Å². The number of hydrogen-bond donors (Lipinski definition) is 2. The Bertz CT molecular complexity index is 952. The Kier molecular flexibility index (Phi) is 9.30. The second-order valence-electron chi connectivity index (χ2n) is 5.78. The summed E-state index contributed by atoms with van der Waals surface area (Å²) >= 11 is 9.29. The lowest BCUT2D eigenvalue weighted by molar-refractivity contribution is -0.145. The van der Waals surface area contributed by atoms with Crippen LogP contribution >= 0.6 is 27.5 Å². The molecule has 0 spiro atoms. The number of hydrazone groups is 1. The number of rotatable bonds is 9. The molecule has 0 aromatic heterocycles. The van der Waals surface area contributed by atoms with Gasteiger partial charge in [-0.3, -0.25) is 9.59 Å². The maximum absolute atomic E-state index is 11.9. The zero-order chi connectivity index (χ0) is 21.9. The van der Waals surface area contributed by atoms with Gasteiger partial charge in [-0.2, -0.15) is 5.10 Å². The Hall–Kier alpha value is -2.91. The Morgan fingerprint density at radius 2 is 1.93 bits per heavy atom. The molecule has 0 aliphatic rings. The van der Waals surface area contributed by atoms with E-state index in [-0.39, 0.29) is 13.2 Å². The van der Waals surface area contributed by atoms with E-state index in [9.17, 15) is 14.4 Å². The second kappa shape index (κ2) is 11.9. The van der Waals surface area contributed by atoms with Gasteiger partial charge < -0.3 is 14.8 Å². The Labute approximate surface area is 186 Å². The molecule has 2 aromatic carbocycles. The van der Waals surface area contributed by atoms with E-state index in [1.54, 1.807) is 49.4 Å². The highest BCUT2D eigenvalue weighted by Crippen LogP contribution is 2.25. The average molecular weight is 497 g/mol. The molecule has 0 aliphatic heterocycles. The number of para-hydroxylation sites is 1.